The normalized spacial score (nSPS) is 16.2. The van der Waals surface area contributed by atoms with Crippen molar-refractivity contribution in [3.63, 3.8) is 0 Å². The fraction of sp³-hybridized carbons (Fsp3) is 0.333. The molecule has 1 aliphatic heterocycles. The number of nitrogens with zero attached hydrogens (tertiary/aromatic N) is 4. The summed E-state index contributed by atoms with van der Waals surface area (Å²) in [6, 6.07) is 16.4. The average Bonchev–Trinajstić information content (AvgIpc) is 3.22. The lowest BCUT2D eigenvalue weighted by Crippen LogP contribution is -2.49. The summed E-state index contributed by atoms with van der Waals surface area (Å²) in [5.74, 6) is 1.63. The van der Waals surface area contributed by atoms with Gasteiger partial charge in [-0.05, 0) is 62.4 Å². The highest BCUT2D eigenvalue weighted by molar-refractivity contribution is 5.84. The molecule has 0 atom stereocenters. The summed E-state index contributed by atoms with van der Waals surface area (Å²) in [4.78, 5) is 11.7. The van der Waals surface area contributed by atoms with E-state index >= 15 is 0 Å². The quantitative estimate of drug-likeness (QED) is 0.520. The molecular weight excluding hydrogens is 390 g/mol. The molecule has 7 nitrogen and oxygen atoms in total. The second-order valence-corrected chi connectivity index (χ2v) is 8.26. The Balaban J connectivity index is 1.41. The van der Waals surface area contributed by atoms with Gasteiger partial charge in [-0.3, -0.25) is 4.57 Å². The second kappa shape index (κ2) is 7.83. The first-order valence-corrected chi connectivity index (χ1v) is 10.6. The predicted octanol–water partition coefficient (Wildman–Crippen LogP) is 3.13. The first-order chi connectivity index (χ1) is 15.1. The van der Waals surface area contributed by atoms with Crippen molar-refractivity contribution in [3.8, 4) is 11.6 Å². The maximum Gasteiger partial charge on any atom is 0.139 e. The van der Waals surface area contributed by atoms with Crippen LogP contribution in [-0.2, 0) is 0 Å². The van der Waals surface area contributed by atoms with Gasteiger partial charge in [0.2, 0.25) is 0 Å². The van der Waals surface area contributed by atoms with Crippen LogP contribution in [0.25, 0.3) is 27.8 Å². The molecule has 4 aromatic rings. The molecule has 160 valence electrons. The Morgan fingerprint density at radius 1 is 1.06 bits per heavy atom. The molecule has 5 rings (SSSR count). The topological polar surface area (TPSA) is 75.4 Å². The number of aliphatic hydroxyl groups is 1. The van der Waals surface area contributed by atoms with E-state index in [0.29, 0.717) is 6.54 Å². The number of benzene rings is 2. The molecule has 7 heteroatoms. The number of pyridine rings is 1. The van der Waals surface area contributed by atoms with Gasteiger partial charge < -0.3 is 20.1 Å². The molecule has 0 spiro atoms. The maximum absolute atomic E-state index is 10.6. The van der Waals surface area contributed by atoms with Gasteiger partial charge in [-0.1, -0.05) is 0 Å². The average molecular weight is 418 g/mol. The van der Waals surface area contributed by atoms with Crippen LogP contribution in [0.2, 0.25) is 0 Å². The van der Waals surface area contributed by atoms with E-state index in [9.17, 15) is 5.11 Å². The molecule has 0 unspecified atom stereocenters. The van der Waals surface area contributed by atoms with E-state index in [-0.39, 0.29) is 0 Å². The largest absolute Gasteiger partial charge is 0.497 e. The van der Waals surface area contributed by atoms with Crippen molar-refractivity contribution in [2.75, 3.05) is 38.7 Å². The van der Waals surface area contributed by atoms with Crippen molar-refractivity contribution in [3.05, 3.63) is 54.9 Å². The molecule has 0 amide bonds. The number of nitrogens with one attached hydrogen (secondary N) is 1. The summed E-state index contributed by atoms with van der Waals surface area (Å²) in [5.41, 5.74) is 3.39. The van der Waals surface area contributed by atoms with Crippen LogP contribution in [0.1, 0.15) is 12.8 Å². The van der Waals surface area contributed by atoms with Gasteiger partial charge in [0.15, 0.2) is 0 Å². The molecular formula is C24H27N5O2. The lowest BCUT2D eigenvalue weighted by Gasteiger charge is -2.39. The molecule has 2 aromatic heterocycles. The van der Waals surface area contributed by atoms with E-state index in [1.165, 1.54) is 5.69 Å². The van der Waals surface area contributed by atoms with Gasteiger partial charge in [-0.25, -0.2) is 9.97 Å². The molecule has 0 bridgehead atoms. The van der Waals surface area contributed by atoms with E-state index in [2.05, 4.69) is 39.5 Å². The van der Waals surface area contributed by atoms with E-state index < -0.39 is 5.60 Å². The molecule has 1 saturated heterocycles. The Bertz CT molecular complexity index is 1230. The van der Waals surface area contributed by atoms with Crippen LogP contribution < -0.4 is 15.0 Å². The number of aromatic nitrogens is 3. The molecule has 1 fully saturated rings. The van der Waals surface area contributed by atoms with Gasteiger partial charge >= 0.3 is 0 Å². The van der Waals surface area contributed by atoms with Crippen LogP contribution in [0.3, 0.4) is 0 Å². The standard InChI is InChI=1S/C24H27N5O2/c1-25-15-24(30)9-11-28(12-10-24)18-4-6-20-17(13-18)3-8-23(27-20)29-16-26-21-14-19(31-2)5-7-22(21)29/h3-8,13-14,16,25,30H,9-12,15H2,1-2H3. The lowest BCUT2D eigenvalue weighted by molar-refractivity contribution is 0.0185. The number of hydrogen-bond donors (Lipinski definition) is 2. The van der Waals surface area contributed by atoms with Gasteiger partial charge in [0.25, 0.3) is 0 Å². The lowest BCUT2D eigenvalue weighted by atomic mass is 9.91. The maximum atomic E-state index is 10.6. The minimum Gasteiger partial charge on any atom is -0.497 e. The van der Waals surface area contributed by atoms with Crippen molar-refractivity contribution >= 4 is 27.6 Å². The third kappa shape index (κ3) is 3.71. The highest BCUT2D eigenvalue weighted by Gasteiger charge is 2.31. The number of piperidine rings is 1. The Labute approximate surface area is 181 Å². The van der Waals surface area contributed by atoms with Gasteiger partial charge in [0.1, 0.15) is 17.9 Å². The number of ether oxygens (including phenoxy) is 1. The monoisotopic (exact) mass is 417 g/mol. The van der Waals surface area contributed by atoms with Crippen molar-refractivity contribution in [2.45, 2.75) is 18.4 Å². The zero-order valence-electron chi connectivity index (χ0n) is 17.9. The number of methoxy groups -OCH3 is 1. The first-order valence-electron chi connectivity index (χ1n) is 10.6. The smallest absolute Gasteiger partial charge is 0.139 e. The summed E-state index contributed by atoms with van der Waals surface area (Å²) < 4.78 is 7.29. The minimum atomic E-state index is -0.601. The highest BCUT2D eigenvalue weighted by atomic mass is 16.5. The third-order valence-electron chi connectivity index (χ3n) is 6.22. The number of hydrogen-bond acceptors (Lipinski definition) is 6. The van der Waals surface area contributed by atoms with Crippen molar-refractivity contribution in [1.82, 2.24) is 19.9 Å². The summed E-state index contributed by atoms with van der Waals surface area (Å²) in [6.45, 7) is 2.33. The molecule has 0 radical (unpaired) electrons. The van der Waals surface area contributed by atoms with Crippen LogP contribution >= 0.6 is 0 Å². The zero-order valence-corrected chi connectivity index (χ0v) is 17.9. The van der Waals surface area contributed by atoms with Gasteiger partial charge in [0.05, 0.1) is 29.3 Å². The van der Waals surface area contributed by atoms with Crippen LogP contribution in [0.5, 0.6) is 5.75 Å². The Kier molecular flexibility index (Phi) is 5.00. The summed E-state index contributed by atoms with van der Waals surface area (Å²) >= 11 is 0. The third-order valence-corrected chi connectivity index (χ3v) is 6.22. The van der Waals surface area contributed by atoms with Gasteiger partial charge in [0, 0.05) is 36.8 Å². The Hall–Kier alpha value is -3.16. The van der Waals surface area contributed by atoms with Crippen LogP contribution in [0.15, 0.2) is 54.9 Å². The Morgan fingerprint density at radius 2 is 1.90 bits per heavy atom. The molecule has 0 aliphatic carbocycles. The molecule has 1 aliphatic rings. The summed E-state index contributed by atoms with van der Waals surface area (Å²) in [7, 11) is 3.54. The van der Waals surface area contributed by atoms with Gasteiger partial charge in [-0.2, -0.15) is 0 Å². The number of anilines is 1. The molecule has 3 heterocycles. The van der Waals surface area contributed by atoms with Gasteiger partial charge in [-0.15, -0.1) is 0 Å². The van der Waals surface area contributed by atoms with E-state index in [1.54, 1.807) is 13.4 Å². The van der Waals surface area contributed by atoms with Crippen LogP contribution in [0.4, 0.5) is 5.69 Å². The summed E-state index contributed by atoms with van der Waals surface area (Å²) in [5, 5.41) is 14.8. The zero-order chi connectivity index (χ0) is 21.4. The number of likely N-dealkylation sites (N-methyl/N-ethyl adjacent to an activating group) is 1. The SMILES string of the molecule is CNCC1(O)CCN(c2ccc3nc(-n4cnc5cc(OC)ccc54)ccc3c2)CC1. The van der Waals surface area contributed by atoms with E-state index in [1.807, 2.05) is 35.9 Å². The minimum absolute atomic E-state index is 0.601. The van der Waals surface area contributed by atoms with Crippen LogP contribution in [-0.4, -0.2) is 59.0 Å². The fourth-order valence-corrected chi connectivity index (χ4v) is 4.42. The first kappa shape index (κ1) is 19.8. The number of fused-ring (bicyclic) bond motifs is 2. The van der Waals surface area contributed by atoms with E-state index in [0.717, 1.165) is 59.4 Å². The Morgan fingerprint density at radius 3 is 2.68 bits per heavy atom. The molecule has 2 N–H and O–H groups in total. The highest BCUT2D eigenvalue weighted by Crippen LogP contribution is 2.29. The predicted molar refractivity (Wildman–Crippen MR) is 123 cm³/mol. The van der Waals surface area contributed by atoms with Crippen molar-refractivity contribution in [1.29, 1.82) is 0 Å². The molecule has 2 aromatic carbocycles. The van der Waals surface area contributed by atoms with E-state index in [4.69, 9.17) is 9.72 Å². The van der Waals surface area contributed by atoms with Crippen molar-refractivity contribution < 1.29 is 9.84 Å². The second-order valence-electron chi connectivity index (χ2n) is 8.26. The summed E-state index contributed by atoms with van der Waals surface area (Å²) in [6.07, 6.45) is 3.33. The fourth-order valence-electron chi connectivity index (χ4n) is 4.42. The van der Waals surface area contributed by atoms with Crippen LogP contribution in [0, 0.1) is 0 Å². The molecule has 31 heavy (non-hydrogen) atoms. The van der Waals surface area contributed by atoms with Crippen molar-refractivity contribution in [2.24, 2.45) is 0 Å². The number of imidazole rings is 1. The number of rotatable bonds is 5. The molecule has 0 saturated carbocycles.